The van der Waals surface area contributed by atoms with Crippen LogP contribution in [0.4, 0.5) is 0 Å². The molecule has 0 saturated heterocycles. The van der Waals surface area contributed by atoms with Crippen LogP contribution in [0.15, 0.2) is 18.2 Å². The third kappa shape index (κ3) is 4.74. The predicted octanol–water partition coefficient (Wildman–Crippen LogP) is 1.69. The first kappa shape index (κ1) is 16.3. The van der Waals surface area contributed by atoms with Gasteiger partial charge in [-0.3, -0.25) is 4.79 Å². The lowest BCUT2D eigenvalue weighted by atomic mass is 10.1. The van der Waals surface area contributed by atoms with Gasteiger partial charge in [0.15, 0.2) is 11.5 Å². The number of ether oxygens (including phenoxy) is 2. The van der Waals surface area contributed by atoms with E-state index in [1.807, 2.05) is 18.2 Å². The van der Waals surface area contributed by atoms with E-state index < -0.39 is 0 Å². The molecule has 1 aromatic carbocycles. The van der Waals surface area contributed by atoms with Gasteiger partial charge in [0.25, 0.3) is 0 Å². The quantitative estimate of drug-likeness (QED) is 0.760. The van der Waals surface area contributed by atoms with Gasteiger partial charge in [-0.15, -0.1) is 0 Å². The first-order valence-electron chi connectivity index (χ1n) is 6.89. The minimum absolute atomic E-state index is 0.0437. The second kappa shape index (κ2) is 8.43. The van der Waals surface area contributed by atoms with Crippen LogP contribution in [0, 0.1) is 5.92 Å². The second-order valence-corrected chi connectivity index (χ2v) is 4.69. The Morgan fingerprint density at radius 1 is 1.40 bits per heavy atom. The highest BCUT2D eigenvalue weighted by atomic mass is 16.5. The minimum Gasteiger partial charge on any atom is -0.493 e. The molecule has 0 aromatic heterocycles. The van der Waals surface area contributed by atoms with Crippen LogP contribution in [0.25, 0.3) is 0 Å². The van der Waals surface area contributed by atoms with Gasteiger partial charge in [0, 0.05) is 19.0 Å². The fourth-order valence-corrected chi connectivity index (χ4v) is 1.62. The number of benzene rings is 1. The van der Waals surface area contributed by atoms with E-state index in [9.17, 15) is 4.79 Å². The van der Waals surface area contributed by atoms with Gasteiger partial charge in [0.1, 0.15) is 0 Å². The molecule has 5 nitrogen and oxygen atoms in total. The van der Waals surface area contributed by atoms with Crippen molar-refractivity contribution in [2.75, 3.05) is 20.3 Å². The summed E-state index contributed by atoms with van der Waals surface area (Å²) >= 11 is 0. The maximum atomic E-state index is 11.7. The zero-order valence-corrected chi connectivity index (χ0v) is 12.4. The monoisotopic (exact) mass is 280 g/mol. The number of hydrogen-bond acceptors (Lipinski definition) is 4. The van der Waals surface area contributed by atoms with Crippen LogP contribution in [0.5, 0.6) is 11.5 Å². The van der Waals surface area contributed by atoms with E-state index in [2.05, 4.69) is 12.2 Å². The summed E-state index contributed by atoms with van der Waals surface area (Å²) in [4.78, 5) is 11.7. The summed E-state index contributed by atoms with van der Waals surface area (Å²) in [5.74, 6) is 1.18. The van der Waals surface area contributed by atoms with Crippen molar-refractivity contribution < 1.29 is 14.3 Å². The molecule has 0 fully saturated rings. The van der Waals surface area contributed by atoms with E-state index >= 15 is 0 Å². The Balaban J connectivity index is 2.65. The second-order valence-electron chi connectivity index (χ2n) is 4.69. The maximum absolute atomic E-state index is 11.7. The molecule has 1 amide bonds. The van der Waals surface area contributed by atoms with Crippen LogP contribution in [0.3, 0.4) is 0 Å². The van der Waals surface area contributed by atoms with Crippen molar-refractivity contribution in [1.29, 1.82) is 0 Å². The van der Waals surface area contributed by atoms with Crippen LogP contribution in [0.2, 0.25) is 0 Å². The highest BCUT2D eigenvalue weighted by molar-refractivity contribution is 5.78. The number of amides is 1. The van der Waals surface area contributed by atoms with Crippen LogP contribution in [-0.4, -0.2) is 26.2 Å². The summed E-state index contributed by atoms with van der Waals surface area (Å²) in [6.07, 6.45) is 0.942. The number of nitrogens with two attached hydrogens (primary N) is 1. The first-order chi connectivity index (χ1) is 9.62. The van der Waals surface area contributed by atoms with Gasteiger partial charge in [-0.05, 0) is 24.1 Å². The van der Waals surface area contributed by atoms with Crippen molar-refractivity contribution in [1.82, 2.24) is 5.32 Å². The lowest BCUT2D eigenvalue weighted by molar-refractivity contribution is -0.124. The predicted molar refractivity (Wildman–Crippen MR) is 78.8 cm³/mol. The molecule has 1 atom stereocenters. The Morgan fingerprint density at radius 2 is 2.15 bits per heavy atom. The summed E-state index contributed by atoms with van der Waals surface area (Å²) < 4.78 is 10.9. The molecule has 3 N–H and O–H groups in total. The van der Waals surface area contributed by atoms with Crippen molar-refractivity contribution in [3.8, 4) is 11.5 Å². The number of rotatable bonds is 8. The van der Waals surface area contributed by atoms with Gasteiger partial charge in [-0.2, -0.15) is 0 Å². The molecule has 0 aliphatic rings. The standard InChI is InChI=1S/C15H24N2O3/c1-4-7-20-13-6-5-12(8-14(13)19-3)10-17-15(18)11(2)9-16/h5-6,8,11H,4,7,9-10,16H2,1-3H3,(H,17,18). The molecule has 0 aliphatic carbocycles. The zero-order valence-electron chi connectivity index (χ0n) is 12.4. The van der Waals surface area contributed by atoms with Crippen molar-refractivity contribution in [3.05, 3.63) is 23.8 Å². The SMILES string of the molecule is CCCOc1ccc(CNC(=O)C(C)CN)cc1OC. The van der Waals surface area contributed by atoms with Crippen molar-refractivity contribution in [3.63, 3.8) is 0 Å². The average molecular weight is 280 g/mol. The smallest absolute Gasteiger partial charge is 0.224 e. The molecule has 112 valence electrons. The number of methoxy groups -OCH3 is 1. The summed E-state index contributed by atoms with van der Waals surface area (Å²) in [7, 11) is 1.60. The van der Waals surface area contributed by atoms with Crippen LogP contribution in [0.1, 0.15) is 25.8 Å². The van der Waals surface area contributed by atoms with E-state index in [4.69, 9.17) is 15.2 Å². The summed E-state index contributed by atoms with van der Waals surface area (Å²) in [5.41, 5.74) is 6.42. The molecule has 20 heavy (non-hydrogen) atoms. The number of nitrogens with one attached hydrogen (secondary N) is 1. The topological polar surface area (TPSA) is 73.6 Å². The van der Waals surface area contributed by atoms with Gasteiger partial charge >= 0.3 is 0 Å². The fourth-order valence-electron chi connectivity index (χ4n) is 1.62. The lowest BCUT2D eigenvalue weighted by Crippen LogP contribution is -2.32. The Kier molecular flexibility index (Phi) is 6.87. The number of hydrogen-bond donors (Lipinski definition) is 2. The maximum Gasteiger partial charge on any atom is 0.224 e. The van der Waals surface area contributed by atoms with Gasteiger partial charge in [0.05, 0.1) is 13.7 Å². The molecule has 0 spiro atoms. The largest absolute Gasteiger partial charge is 0.493 e. The Bertz CT molecular complexity index is 435. The fraction of sp³-hybridized carbons (Fsp3) is 0.533. The molecular weight excluding hydrogens is 256 g/mol. The van der Waals surface area contributed by atoms with E-state index in [1.54, 1.807) is 14.0 Å². The third-order valence-electron chi connectivity index (χ3n) is 2.96. The first-order valence-corrected chi connectivity index (χ1v) is 6.89. The van der Waals surface area contributed by atoms with Gasteiger partial charge in [-0.25, -0.2) is 0 Å². The van der Waals surface area contributed by atoms with E-state index in [0.717, 1.165) is 17.7 Å². The van der Waals surface area contributed by atoms with Gasteiger partial charge < -0.3 is 20.5 Å². The highest BCUT2D eigenvalue weighted by Gasteiger charge is 2.11. The van der Waals surface area contributed by atoms with Crippen LogP contribution >= 0.6 is 0 Å². The van der Waals surface area contributed by atoms with E-state index in [1.165, 1.54) is 0 Å². The minimum atomic E-state index is -0.177. The molecule has 0 aliphatic heterocycles. The molecule has 0 bridgehead atoms. The van der Waals surface area contributed by atoms with Gasteiger partial charge in [0.2, 0.25) is 5.91 Å². The molecule has 1 rings (SSSR count). The molecular formula is C15H24N2O3. The zero-order chi connectivity index (χ0) is 15.0. The molecule has 0 heterocycles. The Labute approximate surface area is 120 Å². The van der Waals surface area contributed by atoms with Crippen molar-refractivity contribution in [2.24, 2.45) is 11.7 Å². The van der Waals surface area contributed by atoms with Crippen LogP contribution < -0.4 is 20.5 Å². The number of carbonyl (C=O) groups is 1. The Morgan fingerprint density at radius 3 is 2.75 bits per heavy atom. The van der Waals surface area contributed by atoms with E-state index in [-0.39, 0.29) is 11.8 Å². The lowest BCUT2D eigenvalue weighted by Gasteiger charge is -2.13. The summed E-state index contributed by atoms with van der Waals surface area (Å²) in [6.45, 7) is 5.31. The third-order valence-corrected chi connectivity index (χ3v) is 2.96. The molecule has 0 saturated carbocycles. The van der Waals surface area contributed by atoms with Crippen molar-refractivity contribution in [2.45, 2.75) is 26.8 Å². The van der Waals surface area contributed by atoms with Gasteiger partial charge in [-0.1, -0.05) is 19.9 Å². The highest BCUT2D eigenvalue weighted by Crippen LogP contribution is 2.28. The summed E-state index contributed by atoms with van der Waals surface area (Å²) in [6, 6.07) is 5.65. The van der Waals surface area contributed by atoms with E-state index in [0.29, 0.717) is 25.4 Å². The Hall–Kier alpha value is -1.75. The average Bonchev–Trinajstić information content (AvgIpc) is 2.49. The molecule has 1 unspecified atom stereocenters. The normalized spacial score (nSPS) is 11.8. The van der Waals surface area contributed by atoms with Crippen LogP contribution in [-0.2, 0) is 11.3 Å². The molecule has 1 aromatic rings. The number of carbonyl (C=O) groups excluding carboxylic acids is 1. The van der Waals surface area contributed by atoms with Crippen molar-refractivity contribution >= 4 is 5.91 Å². The summed E-state index contributed by atoms with van der Waals surface area (Å²) in [5, 5.41) is 2.85. The molecule has 5 heteroatoms. The molecule has 0 radical (unpaired) electrons.